The van der Waals surface area contributed by atoms with E-state index in [0.29, 0.717) is 23.8 Å². The van der Waals surface area contributed by atoms with E-state index >= 15 is 0 Å². The number of hydrogen-bond donors (Lipinski definition) is 1. The number of hydrogen-bond acceptors (Lipinski definition) is 7. The van der Waals surface area contributed by atoms with E-state index in [1.54, 1.807) is 6.92 Å². The normalized spacial score (nSPS) is 26.5. The van der Waals surface area contributed by atoms with Crippen molar-refractivity contribution in [3.63, 3.8) is 0 Å². The molecular formula is C20H25NO7. The first-order valence-corrected chi connectivity index (χ1v) is 9.45. The van der Waals surface area contributed by atoms with Gasteiger partial charge in [-0.15, -0.1) is 0 Å². The van der Waals surface area contributed by atoms with Gasteiger partial charge >= 0.3 is 17.9 Å². The van der Waals surface area contributed by atoms with Gasteiger partial charge in [-0.3, -0.25) is 9.69 Å². The van der Waals surface area contributed by atoms with Gasteiger partial charge in [0, 0.05) is 18.5 Å². The van der Waals surface area contributed by atoms with Crippen LogP contribution in [-0.4, -0.2) is 66.4 Å². The van der Waals surface area contributed by atoms with Gasteiger partial charge in [0.05, 0.1) is 12.2 Å². The van der Waals surface area contributed by atoms with Crippen molar-refractivity contribution in [2.45, 2.75) is 44.4 Å². The van der Waals surface area contributed by atoms with Crippen LogP contribution in [0.4, 0.5) is 0 Å². The van der Waals surface area contributed by atoms with Gasteiger partial charge in [0.1, 0.15) is 17.8 Å². The maximum absolute atomic E-state index is 12.6. The maximum Gasteiger partial charge on any atom is 0.341 e. The Hall–Kier alpha value is -2.61. The second-order valence-corrected chi connectivity index (χ2v) is 7.13. The minimum atomic E-state index is -1.08. The van der Waals surface area contributed by atoms with Crippen molar-refractivity contribution in [3.05, 3.63) is 29.8 Å². The van der Waals surface area contributed by atoms with E-state index in [4.69, 9.17) is 19.3 Å². The SMILES string of the molecule is CCOC(=O)C1C(OC(=O)c2ccc(OCC(=O)O)cc2)CC2CCC1N2C. The molecule has 8 heteroatoms. The Morgan fingerprint density at radius 2 is 1.89 bits per heavy atom. The molecule has 4 atom stereocenters. The Balaban J connectivity index is 1.69. The number of carbonyl (C=O) groups excluding carboxylic acids is 2. The summed E-state index contributed by atoms with van der Waals surface area (Å²) in [5.74, 6) is -2.07. The highest BCUT2D eigenvalue weighted by Gasteiger charge is 2.51. The molecule has 1 aromatic carbocycles. The predicted octanol–water partition coefficient (Wildman–Crippen LogP) is 1.72. The maximum atomic E-state index is 12.6. The fraction of sp³-hybridized carbons (Fsp3) is 0.550. The highest BCUT2D eigenvalue weighted by molar-refractivity contribution is 5.90. The minimum Gasteiger partial charge on any atom is -0.482 e. The number of nitrogens with zero attached hydrogens (tertiary/aromatic N) is 1. The van der Waals surface area contributed by atoms with Crippen LogP contribution in [0.3, 0.4) is 0 Å². The summed E-state index contributed by atoms with van der Waals surface area (Å²) < 4.78 is 16.0. The molecule has 0 saturated carbocycles. The Bertz CT molecular complexity index is 733. The van der Waals surface area contributed by atoms with Gasteiger partial charge in [-0.05, 0) is 51.1 Å². The smallest absolute Gasteiger partial charge is 0.341 e. The molecular weight excluding hydrogens is 366 g/mol. The van der Waals surface area contributed by atoms with Gasteiger partial charge in [-0.1, -0.05) is 0 Å². The number of carbonyl (C=O) groups is 3. The van der Waals surface area contributed by atoms with Crippen LogP contribution >= 0.6 is 0 Å². The molecule has 4 unspecified atom stereocenters. The highest BCUT2D eigenvalue weighted by atomic mass is 16.6. The Morgan fingerprint density at radius 3 is 2.54 bits per heavy atom. The van der Waals surface area contributed by atoms with Crippen LogP contribution in [0.1, 0.15) is 36.5 Å². The van der Waals surface area contributed by atoms with Crippen LogP contribution < -0.4 is 4.74 Å². The summed E-state index contributed by atoms with van der Waals surface area (Å²) in [6.45, 7) is 1.59. The lowest BCUT2D eigenvalue weighted by atomic mass is 9.87. The van der Waals surface area contributed by atoms with Crippen LogP contribution in [0, 0.1) is 5.92 Å². The molecule has 2 saturated heterocycles. The van der Waals surface area contributed by atoms with Gasteiger partial charge < -0.3 is 19.3 Å². The number of carboxylic acid groups (broad SMARTS) is 1. The number of carboxylic acids is 1. The van der Waals surface area contributed by atoms with E-state index in [2.05, 4.69) is 4.90 Å². The quantitative estimate of drug-likeness (QED) is 0.701. The molecule has 0 aromatic heterocycles. The zero-order valence-corrected chi connectivity index (χ0v) is 16.0. The Labute approximate surface area is 163 Å². The lowest BCUT2D eigenvalue weighted by Gasteiger charge is -2.40. The van der Waals surface area contributed by atoms with Crippen molar-refractivity contribution in [2.24, 2.45) is 5.92 Å². The standard InChI is InChI=1S/C20H25NO7/c1-3-26-20(25)18-15-9-6-13(21(15)2)10-16(18)28-19(24)12-4-7-14(8-5-12)27-11-17(22)23/h4-5,7-8,13,15-16,18H,3,6,9-11H2,1-2H3,(H,22,23). The summed E-state index contributed by atoms with van der Waals surface area (Å²) in [5.41, 5.74) is 0.316. The molecule has 0 aliphatic carbocycles. The van der Waals surface area contributed by atoms with Crippen molar-refractivity contribution in [1.29, 1.82) is 0 Å². The highest BCUT2D eigenvalue weighted by Crippen LogP contribution is 2.40. The lowest BCUT2D eigenvalue weighted by Crippen LogP contribution is -2.53. The molecule has 1 N–H and O–H groups in total. The molecule has 2 heterocycles. The van der Waals surface area contributed by atoms with Gasteiger partial charge in [0.25, 0.3) is 0 Å². The molecule has 2 aliphatic heterocycles. The number of aliphatic carboxylic acids is 1. The van der Waals surface area contributed by atoms with Crippen LogP contribution in [0.15, 0.2) is 24.3 Å². The summed E-state index contributed by atoms with van der Waals surface area (Å²) in [6.07, 6.45) is 1.93. The van der Waals surface area contributed by atoms with Crippen LogP contribution in [0.5, 0.6) is 5.75 Å². The summed E-state index contributed by atoms with van der Waals surface area (Å²) >= 11 is 0. The summed E-state index contributed by atoms with van der Waals surface area (Å²) in [7, 11) is 2.00. The fourth-order valence-electron chi connectivity index (χ4n) is 4.13. The van der Waals surface area contributed by atoms with Crippen molar-refractivity contribution in [3.8, 4) is 5.75 Å². The zero-order chi connectivity index (χ0) is 20.3. The third-order valence-corrected chi connectivity index (χ3v) is 5.48. The van der Waals surface area contributed by atoms with E-state index in [1.165, 1.54) is 24.3 Å². The topological polar surface area (TPSA) is 102 Å². The van der Waals surface area contributed by atoms with Crippen LogP contribution in [0.25, 0.3) is 0 Å². The fourth-order valence-corrected chi connectivity index (χ4v) is 4.13. The third kappa shape index (κ3) is 4.27. The summed E-state index contributed by atoms with van der Waals surface area (Å²) in [5, 5.41) is 8.63. The molecule has 8 nitrogen and oxygen atoms in total. The zero-order valence-electron chi connectivity index (χ0n) is 16.0. The first-order chi connectivity index (χ1) is 13.4. The molecule has 2 aliphatic rings. The molecule has 152 valence electrons. The van der Waals surface area contributed by atoms with Gasteiger partial charge in [0.2, 0.25) is 0 Å². The molecule has 1 aromatic rings. The third-order valence-electron chi connectivity index (χ3n) is 5.48. The molecule has 3 rings (SSSR count). The Kier molecular flexibility index (Phi) is 6.18. The largest absolute Gasteiger partial charge is 0.482 e. The second-order valence-electron chi connectivity index (χ2n) is 7.13. The molecule has 0 amide bonds. The van der Waals surface area contributed by atoms with Crippen molar-refractivity contribution in [2.75, 3.05) is 20.3 Å². The van der Waals surface area contributed by atoms with Crippen LogP contribution in [0.2, 0.25) is 0 Å². The second kappa shape index (κ2) is 8.60. The van der Waals surface area contributed by atoms with Gasteiger partial charge in [-0.25, -0.2) is 9.59 Å². The summed E-state index contributed by atoms with van der Waals surface area (Å²) in [6, 6.07) is 6.37. The molecule has 2 fully saturated rings. The van der Waals surface area contributed by atoms with E-state index in [0.717, 1.165) is 12.8 Å². The number of benzene rings is 1. The van der Waals surface area contributed by atoms with E-state index in [-0.39, 0.29) is 18.6 Å². The first-order valence-electron chi connectivity index (χ1n) is 9.45. The van der Waals surface area contributed by atoms with Crippen molar-refractivity contribution >= 4 is 17.9 Å². The number of esters is 2. The summed E-state index contributed by atoms with van der Waals surface area (Å²) in [4.78, 5) is 37.9. The van der Waals surface area contributed by atoms with Crippen molar-refractivity contribution in [1.82, 2.24) is 4.90 Å². The average molecular weight is 391 g/mol. The van der Waals surface area contributed by atoms with Crippen LogP contribution in [-0.2, 0) is 19.1 Å². The lowest BCUT2D eigenvalue weighted by molar-refractivity contribution is -0.158. The van der Waals surface area contributed by atoms with Gasteiger partial charge in [-0.2, -0.15) is 0 Å². The van der Waals surface area contributed by atoms with E-state index in [1.807, 2.05) is 7.05 Å². The number of piperidine rings is 1. The number of fused-ring (bicyclic) bond motifs is 2. The number of rotatable bonds is 7. The first kappa shape index (κ1) is 20.1. The average Bonchev–Trinajstić information content (AvgIpc) is 2.90. The van der Waals surface area contributed by atoms with Crippen molar-refractivity contribution < 1.29 is 33.7 Å². The minimum absolute atomic E-state index is 0.0161. The predicted molar refractivity (Wildman–Crippen MR) is 98.1 cm³/mol. The molecule has 0 radical (unpaired) electrons. The molecule has 2 bridgehead atoms. The molecule has 0 spiro atoms. The van der Waals surface area contributed by atoms with E-state index < -0.39 is 30.6 Å². The Morgan fingerprint density at radius 1 is 1.18 bits per heavy atom. The van der Waals surface area contributed by atoms with E-state index in [9.17, 15) is 14.4 Å². The molecule has 28 heavy (non-hydrogen) atoms. The number of ether oxygens (including phenoxy) is 3. The monoisotopic (exact) mass is 391 g/mol. The van der Waals surface area contributed by atoms with Gasteiger partial charge in [0.15, 0.2) is 6.61 Å².